The van der Waals surface area contributed by atoms with Crippen molar-refractivity contribution in [2.45, 2.75) is 26.0 Å². The lowest BCUT2D eigenvalue weighted by molar-refractivity contribution is -0.932. The molecule has 1 unspecified atom stereocenters. The molecule has 0 spiro atoms. The summed E-state index contributed by atoms with van der Waals surface area (Å²) in [7, 11) is 4.12. The Kier molecular flexibility index (Phi) is 3.14. The summed E-state index contributed by atoms with van der Waals surface area (Å²) in [5.41, 5.74) is 0. The molecular formula is C9H18NO3+. The Morgan fingerprint density at radius 1 is 1.54 bits per heavy atom. The zero-order valence-electron chi connectivity index (χ0n) is 8.58. The molecule has 1 aliphatic heterocycles. The van der Waals surface area contributed by atoms with Crippen LogP contribution in [0.1, 0.15) is 19.8 Å². The summed E-state index contributed by atoms with van der Waals surface area (Å²) in [6, 6.07) is 0. The zero-order chi connectivity index (χ0) is 9.90. The quantitative estimate of drug-likeness (QED) is 0.493. The molecule has 0 radical (unpaired) electrons. The van der Waals surface area contributed by atoms with Crippen molar-refractivity contribution in [3.05, 3.63) is 0 Å². The fourth-order valence-corrected chi connectivity index (χ4v) is 1.37. The van der Waals surface area contributed by atoms with E-state index in [0.29, 0.717) is 11.1 Å². The number of rotatable bonds is 4. The first-order valence-electron chi connectivity index (χ1n) is 4.72. The third-order valence-electron chi connectivity index (χ3n) is 2.44. The van der Waals surface area contributed by atoms with Gasteiger partial charge in [-0.3, -0.25) is 4.48 Å². The first kappa shape index (κ1) is 10.3. The second kappa shape index (κ2) is 3.96. The van der Waals surface area contributed by atoms with Gasteiger partial charge in [0, 0.05) is 0 Å². The molecule has 1 aliphatic rings. The van der Waals surface area contributed by atoms with Crippen LogP contribution in [0.3, 0.4) is 0 Å². The maximum absolute atomic E-state index is 10.7. The predicted octanol–water partition coefficient (Wildman–Crippen LogP) is 1.36. The Morgan fingerprint density at radius 2 is 2.23 bits per heavy atom. The number of ether oxygens (including phenoxy) is 2. The summed E-state index contributed by atoms with van der Waals surface area (Å²) >= 11 is 0. The molecule has 0 aromatic carbocycles. The van der Waals surface area contributed by atoms with Crippen LogP contribution in [0.15, 0.2) is 0 Å². The highest BCUT2D eigenvalue weighted by Gasteiger charge is 2.37. The molecule has 0 aromatic heterocycles. The van der Waals surface area contributed by atoms with Gasteiger partial charge in [-0.15, -0.1) is 0 Å². The predicted molar refractivity (Wildman–Crippen MR) is 48.1 cm³/mol. The Hall–Kier alpha value is -0.770. The summed E-state index contributed by atoms with van der Waals surface area (Å²) in [5.74, 6) is 0. The average molecular weight is 188 g/mol. The van der Waals surface area contributed by atoms with Crippen LogP contribution in [0.2, 0.25) is 0 Å². The number of unbranched alkanes of at least 4 members (excludes halogenated alkanes) is 1. The van der Waals surface area contributed by atoms with Crippen LogP contribution < -0.4 is 0 Å². The lowest BCUT2D eigenvalue weighted by atomic mass is 10.3. The summed E-state index contributed by atoms with van der Waals surface area (Å²) < 4.78 is 10.5. The van der Waals surface area contributed by atoms with Gasteiger partial charge in [-0.1, -0.05) is 13.3 Å². The molecule has 1 heterocycles. The van der Waals surface area contributed by atoms with E-state index in [1.54, 1.807) is 0 Å². The van der Waals surface area contributed by atoms with Crippen molar-refractivity contribution in [2.75, 3.05) is 27.2 Å². The van der Waals surface area contributed by atoms with Crippen LogP contribution in [0.4, 0.5) is 4.79 Å². The molecule has 0 bridgehead atoms. The highest BCUT2D eigenvalue weighted by Crippen LogP contribution is 2.16. The van der Waals surface area contributed by atoms with E-state index in [-0.39, 0.29) is 6.23 Å². The van der Waals surface area contributed by atoms with Crippen LogP contribution in [-0.4, -0.2) is 44.1 Å². The van der Waals surface area contributed by atoms with Crippen molar-refractivity contribution in [2.24, 2.45) is 0 Å². The van der Waals surface area contributed by atoms with Crippen molar-refractivity contribution in [1.82, 2.24) is 0 Å². The maximum atomic E-state index is 10.7. The van der Waals surface area contributed by atoms with Gasteiger partial charge in [-0.05, 0) is 6.42 Å². The van der Waals surface area contributed by atoms with E-state index >= 15 is 0 Å². The Bertz CT molecular complexity index is 191. The van der Waals surface area contributed by atoms with E-state index in [2.05, 4.69) is 21.0 Å². The number of hydrogen-bond donors (Lipinski definition) is 0. The molecule has 4 nitrogen and oxygen atoms in total. The van der Waals surface area contributed by atoms with Crippen LogP contribution >= 0.6 is 0 Å². The number of nitrogens with zero attached hydrogens (tertiary/aromatic N) is 1. The van der Waals surface area contributed by atoms with Crippen molar-refractivity contribution in [3.63, 3.8) is 0 Å². The van der Waals surface area contributed by atoms with Crippen molar-refractivity contribution in [1.29, 1.82) is 0 Å². The van der Waals surface area contributed by atoms with Crippen LogP contribution in [0, 0.1) is 0 Å². The van der Waals surface area contributed by atoms with Crippen molar-refractivity contribution in [3.8, 4) is 0 Å². The van der Waals surface area contributed by atoms with Crippen molar-refractivity contribution < 1.29 is 18.8 Å². The molecule has 13 heavy (non-hydrogen) atoms. The van der Waals surface area contributed by atoms with Gasteiger partial charge in [0.15, 0.2) is 6.61 Å². The third-order valence-corrected chi connectivity index (χ3v) is 2.44. The van der Waals surface area contributed by atoms with Gasteiger partial charge in [-0.2, -0.15) is 0 Å². The summed E-state index contributed by atoms with van der Waals surface area (Å²) in [4.78, 5) is 10.7. The average Bonchev–Trinajstić information content (AvgIpc) is 2.49. The number of carbonyl (C=O) groups is 1. The van der Waals surface area contributed by atoms with Crippen LogP contribution in [0.25, 0.3) is 0 Å². The molecular weight excluding hydrogens is 170 g/mol. The van der Waals surface area contributed by atoms with E-state index in [4.69, 9.17) is 9.47 Å². The molecule has 0 saturated carbocycles. The van der Waals surface area contributed by atoms with Gasteiger partial charge in [0.1, 0.15) is 0 Å². The lowest BCUT2D eigenvalue weighted by Gasteiger charge is -2.32. The second-order valence-electron chi connectivity index (χ2n) is 3.99. The van der Waals surface area contributed by atoms with E-state index in [1.807, 2.05) is 0 Å². The normalized spacial score (nSPS) is 22.7. The van der Waals surface area contributed by atoms with Gasteiger partial charge >= 0.3 is 6.16 Å². The zero-order valence-corrected chi connectivity index (χ0v) is 8.58. The van der Waals surface area contributed by atoms with Gasteiger partial charge < -0.3 is 9.47 Å². The minimum atomic E-state index is -0.535. The fourth-order valence-electron chi connectivity index (χ4n) is 1.37. The number of quaternary nitrogens is 1. The van der Waals surface area contributed by atoms with Gasteiger partial charge in [0.25, 0.3) is 6.23 Å². The number of cyclic esters (lactones) is 2. The second-order valence-corrected chi connectivity index (χ2v) is 3.99. The van der Waals surface area contributed by atoms with Gasteiger partial charge in [-0.25, -0.2) is 4.79 Å². The van der Waals surface area contributed by atoms with E-state index in [9.17, 15) is 4.79 Å². The van der Waals surface area contributed by atoms with E-state index in [0.717, 1.165) is 19.4 Å². The number of likely N-dealkylation sites (N-methyl/N-ethyl adjacent to an activating group) is 1. The topological polar surface area (TPSA) is 35.5 Å². The first-order valence-corrected chi connectivity index (χ1v) is 4.72. The third kappa shape index (κ3) is 2.59. The standard InChI is InChI=1S/C9H18NO3/c1-4-5-6-10(2,3)8-7-12-9(11)13-8/h8H,4-7H2,1-3H3/q+1. The Morgan fingerprint density at radius 3 is 2.69 bits per heavy atom. The molecule has 0 N–H and O–H groups in total. The number of carbonyl (C=O) groups excluding carboxylic acids is 1. The maximum Gasteiger partial charge on any atom is 0.513 e. The first-order chi connectivity index (χ1) is 6.06. The monoisotopic (exact) mass is 188 g/mol. The number of hydrogen-bond acceptors (Lipinski definition) is 3. The van der Waals surface area contributed by atoms with E-state index < -0.39 is 6.16 Å². The summed E-state index contributed by atoms with van der Waals surface area (Å²) in [6.07, 6.45) is 1.64. The Labute approximate surface area is 79.0 Å². The van der Waals surface area contributed by atoms with E-state index in [1.165, 1.54) is 0 Å². The molecule has 0 amide bonds. The Balaban J connectivity index is 2.43. The minimum Gasteiger partial charge on any atom is -0.424 e. The SMILES string of the molecule is CCCC[N+](C)(C)C1COC(=O)O1. The van der Waals surface area contributed by atoms with Crippen LogP contribution in [0.5, 0.6) is 0 Å². The largest absolute Gasteiger partial charge is 0.513 e. The van der Waals surface area contributed by atoms with Gasteiger partial charge in [0.05, 0.1) is 20.6 Å². The minimum absolute atomic E-state index is 0.126. The molecule has 1 rings (SSSR count). The molecule has 1 saturated heterocycles. The highest BCUT2D eigenvalue weighted by atomic mass is 16.8. The van der Waals surface area contributed by atoms with Gasteiger partial charge in [0.2, 0.25) is 0 Å². The van der Waals surface area contributed by atoms with Crippen molar-refractivity contribution >= 4 is 6.16 Å². The molecule has 1 fully saturated rings. The molecule has 1 atom stereocenters. The summed E-state index contributed by atoms with van der Waals surface area (Å²) in [5, 5.41) is 0. The smallest absolute Gasteiger partial charge is 0.424 e. The highest BCUT2D eigenvalue weighted by molar-refractivity contribution is 5.61. The molecule has 4 heteroatoms. The van der Waals surface area contributed by atoms with Crippen LogP contribution in [-0.2, 0) is 9.47 Å². The molecule has 0 aromatic rings. The fraction of sp³-hybridized carbons (Fsp3) is 0.889. The lowest BCUT2D eigenvalue weighted by Crippen LogP contribution is -2.50. The summed E-state index contributed by atoms with van der Waals surface area (Å²) in [6.45, 7) is 3.55. The molecule has 0 aliphatic carbocycles. The molecule has 76 valence electrons.